The lowest BCUT2D eigenvalue weighted by Gasteiger charge is -2.46. The highest BCUT2D eigenvalue weighted by Crippen LogP contribution is 2.41. The van der Waals surface area contributed by atoms with Crippen LogP contribution in [0.4, 0.5) is 4.79 Å². The summed E-state index contributed by atoms with van der Waals surface area (Å²) in [5.41, 5.74) is -0.632. The van der Waals surface area contributed by atoms with E-state index in [1.54, 1.807) is 11.8 Å². The van der Waals surface area contributed by atoms with E-state index in [-0.39, 0.29) is 42.5 Å². The number of rotatable bonds is 6. The highest BCUT2D eigenvalue weighted by atomic mass is 16.6. The Morgan fingerprint density at radius 1 is 1.19 bits per heavy atom. The fourth-order valence-electron chi connectivity index (χ4n) is 5.31. The second kappa shape index (κ2) is 8.00. The SMILES string of the molecule is CCOC(=O)CC1(C[N+](=O)[O-])CCN(C2C[C@H]3CC[C@@H](C2)N3C(=O)O)CC1. The fourth-order valence-corrected chi connectivity index (χ4v) is 5.31. The molecule has 152 valence electrons. The molecule has 1 N–H and O–H groups in total. The molecule has 27 heavy (non-hydrogen) atoms. The summed E-state index contributed by atoms with van der Waals surface area (Å²) in [6, 6.07) is 0.516. The predicted octanol–water partition coefficient (Wildman–Crippen LogP) is 1.97. The van der Waals surface area contributed by atoms with Crippen LogP contribution < -0.4 is 0 Å². The highest BCUT2D eigenvalue weighted by molar-refractivity contribution is 5.70. The average Bonchev–Trinajstić information content (AvgIpc) is 2.86. The lowest BCUT2D eigenvalue weighted by molar-refractivity contribution is -0.499. The maximum Gasteiger partial charge on any atom is 0.407 e. The first kappa shape index (κ1) is 19.9. The Bertz CT molecular complexity index is 576. The van der Waals surface area contributed by atoms with Gasteiger partial charge in [-0.25, -0.2) is 4.79 Å². The Balaban J connectivity index is 1.60. The number of carboxylic acid groups (broad SMARTS) is 1. The van der Waals surface area contributed by atoms with Crippen LogP contribution >= 0.6 is 0 Å². The molecule has 3 aliphatic rings. The molecule has 9 nitrogen and oxygen atoms in total. The van der Waals surface area contributed by atoms with Gasteiger partial charge in [-0.2, -0.15) is 0 Å². The molecule has 0 saturated carbocycles. The van der Waals surface area contributed by atoms with Crippen LogP contribution in [-0.2, 0) is 9.53 Å². The summed E-state index contributed by atoms with van der Waals surface area (Å²) in [6.07, 6.45) is 4.00. The van der Waals surface area contributed by atoms with Crippen molar-refractivity contribution in [1.29, 1.82) is 0 Å². The highest BCUT2D eigenvalue weighted by Gasteiger charge is 2.47. The van der Waals surface area contributed by atoms with Gasteiger partial charge in [-0.15, -0.1) is 0 Å². The molecule has 3 atom stereocenters. The minimum atomic E-state index is -0.820. The molecule has 0 aromatic carbocycles. The van der Waals surface area contributed by atoms with Crippen molar-refractivity contribution < 1.29 is 24.4 Å². The molecular formula is C18H29N3O6. The molecule has 0 aliphatic carbocycles. The van der Waals surface area contributed by atoms with E-state index in [0.29, 0.717) is 32.0 Å². The first-order valence-electron chi connectivity index (χ1n) is 9.86. The van der Waals surface area contributed by atoms with E-state index < -0.39 is 11.5 Å². The lowest BCUT2D eigenvalue weighted by Crippen LogP contribution is -2.55. The molecule has 0 aromatic heterocycles. The summed E-state index contributed by atoms with van der Waals surface area (Å²) in [5.74, 6) is -0.361. The summed E-state index contributed by atoms with van der Waals surface area (Å²) in [7, 11) is 0. The molecule has 3 fully saturated rings. The van der Waals surface area contributed by atoms with Gasteiger partial charge in [0.2, 0.25) is 6.54 Å². The van der Waals surface area contributed by atoms with Gasteiger partial charge >= 0.3 is 12.1 Å². The van der Waals surface area contributed by atoms with Gasteiger partial charge in [0, 0.05) is 28.5 Å². The maximum atomic E-state index is 12.0. The van der Waals surface area contributed by atoms with Gasteiger partial charge in [-0.1, -0.05) is 0 Å². The van der Waals surface area contributed by atoms with Gasteiger partial charge in [0.25, 0.3) is 0 Å². The Morgan fingerprint density at radius 2 is 1.78 bits per heavy atom. The van der Waals surface area contributed by atoms with Gasteiger partial charge in [0.05, 0.1) is 13.0 Å². The van der Waals surface area contributed by atoms with Crippen molar-refractivity contribution in [2.75, 3.05) is 26.2 Å². The Morgan fingerprint density at radius 3 is 2.26 bits per heavy atom. The minimum absolute atomic E-state index is 0.0937. The number of hydrogen-bond acceptors (Lipinski definition) is 6. The number of hydrogen-bond donors (Lipinski definition) is 1. The second-order valence-electron chi connectivity index (χ2n) is 8.21. The van der Waals surface area contributed by atoms with Crippen LogP contribution in [0.15, 0.2) is 0 Å². The van der Waals surface area contributed by atoms with Gasteiger partial charge in [-0.3, -0.25) is 14.9 Å². The van der Waals surface area contributed by atoms with E-state index in [9.17, 15) is 24.8 Å². The lowest BCUT2D eigenvalue weighted by atomic mass is 9.75. The van der Waals surface area contributed by atoms with Crippen LogP contribution in [0, 0.1) is 15.5 Å². The number of nitrogens with zero attached hydrogens (tertiary/aromatic N) is 3. The molecule has 3 saturated heterocycles. The molecule has 3 heterocycles. The van der Waals surface area contributed by atoms with Crippen LogP contribution in [0.3, 0.4) is 0 Å². The zero-order chi connectivity index (χ0) is 19.6. The molecule has 0 aromatic rings. The number of likely N-dealkylation sites (tertiary alicyclic amines) is 1. The summed E-state index contributed by atoms with van der Waals surface area (Å²) in [4.78, 5) is 38.2. The van der Waals surface area contributed by atoms with Gasteiger partial charge in [-0.05, 0) is 58.5 Å². The monoisotopic (exact) mass is 383 g/mol. The molecule has 0 radical (unpaired) electrons. The fraction of sp³-hybridized carbons (Fsp3) is 0.889. The van der Waals surface area contributed by atoms with Gasteiger partial charge < -0.3 is 19.6 Å². The van der Waals surface area contributed by atoms with Gasteiger partial charge in [0.1, 0.15) is 0 Å². The first-order chi connectivity index (χ1) is 12.8. The Labute approximate surface area is 158 Å². The van der Waals surface area contributed by atoms with Crippen LogP contribution in [0.25, 0.3) is 0 Å². The van der Waals surface area contributed by atoms with Crippen LogP contribution in [0.2, 0.25) is 0 Å². The standard InChI is InChI=1S/C18H29N3O6/c1-2-27-16(22)11-18(12-20(25)26)5-7-19(8-6-18)15-9-13-3-4-14(10-15)21(13)17(23)24/h13-15H,2-12H2,1H3,(H,23,24)/t13-,14+,15?. The second-order valence-corrected chi connectivity index (χ2v) is 8.21. The number of amides is 1. The van der Waals surface area contributed by atoms with E-state index in [0.717, 1.165) is 25.7 Å². The number of carbonyl (C=O) groups excluding carboxylic acids is 1. The predicted molar refractivity (Wildman–Crippen MR) is 96.0 cm³/mol. The van der Waals surface area contributed by atoms with Crippen molar-refractivity contribution in [2.24, 2.45) is 5.41 Å². The number of carbonyl (C=O) groups is 2. The molecule has 0 spiro atoms. The minimum Gasteiger partial charge on any atom is -0.466 e. The summed E-state index contributed by atoms with van der Waals surface area (Å²) in [6.45, 7) is 3.24. The molecule has 1 unspecified atom stereocenters. The zero-order valence-electron chi connectivity index (χ0n) is 15.8. The third kappa shape index (κ3) is 4.34. The third-order valence-corrected chi connectivity index (χ3v) is 6.59. The van der Waals surface area contributed by atoms with E-state index in [1.165, 1.54) is 0 Å². The normalized spacial score (nSPS) is 30.1. The molecule has 3 rings (SSSR count). The number of nitro groups is 1. The summed E-state index contributed by atoms with van der Waals surface area (Å²) < 4.78 is 5.03. The maximum absolute atomic E-state index is 12.0. The first-order valence-corrected chi connectivity index (χ1v) is 9.86. The average molecular weight is 383 g/mol. The van der Waals surface area contributed by atoms with E-state index in [2.05, 4.69) is 4.90 Å². The number of piperidine rings is 2. The van der Waals surface area contributed by atoms with E-state index in [4.69, 9.17) is 4.74 Å². The van der Waals surface area contributed by atoms with Gasteiger partial charge in [0.15, 0.2) is 0 Å². The van der Waals surface area contributed by atoms with Crippen molar-refractivity contribution in [2.45, 2.75) is 70.0 Å². The number of fused-ring (bicyclic) bond motifs is 2. The van der Waals surface area contributed by atoms with Crippen molar-refractivity contribution in [3.8, 4) is 0 Å². The number of ether oxygens (including phenoxy) is 1. The van der Waals surface area contributed by atoms with Crippen LogP contribution in [-0.4, -0.2) is 76.3 Å². The van der Waals surface area contributed by atoms with Crippen molar-refractivity contribution >= 4 is 12.1 Å². The van der Waals surface area contributed by atoms with E-state index in [1.807, 2.05) is 0 Å². The topological polar surface area (TPSA) is 113 Å². The van der Waals surface area contributed by atoms with E-state index >= 15 is 0 Å². The molecule has 1 amide bonds. The molecule has 3 aliphatic heterocycles. The quantitative estimate of drug-likeness (QED) is 0.424. The van der Waals surface area contributed by atoms with Crippen molar-refractivity contribution in [3.63, 3.8) is 0 Å². The number of esters is 1. The third-order valence-electron chi connectivity index (χ3n) is 6.59. The Kier molecular flexibility index (Phi) is 5.88. The largest absolute Gasteiger partial charge is 0.466 e. The smallest absolute Gasteiger partial charge is 0.407 e. The summed E-state index contributed by atoms with van der Waals surface area (Å²) >= 11 is 0. The Hall–Kier alpha value is -1.90. The van der Waals surface area contributed by atoms with Crippen LogP contribution in [0.1, 0.15) is 51.9 Å². The zero-order valence-corrected chi connectivity index (χ0v) is 15.8. The molecule has 2 bridgehead atoms. The summed E-state index contributed by atoms with van der Waals surface area (Å²) in [5, 5.41) is 20.6. The van der Waals surface area contributed by atoms with Crippen molar-refractivity contribution in [3.05, 3.63) is 10.1 Å². The van der Waals surface area contributed by atoms with Crippen molar-refractivity contribution in [1.82, 2.24) is 9.80 Å². The molecular weight excluding hydrogens is 354 g/mol. The van der Waals surface area contributed by atoms with Crippen LogP contribution in [0.5, 0.6) is 0 Å². The molecule has 9 heteroatoms.